The van der Waals surface area contributed by atoms with Crippen molar-refractivity contribution in [2.75, 3.05) is 30.3 Å². The topological polar surface area (TPSA) is 126 Å². The molecule has 45 heavy (non-hydrogen) atoms. The molecule has 4 N–H and O–H groups in total. The summed E-state index contributed by atoms with van der Waals surface area (Å²) in [6.07, 6.45) is 2.20. The Morgan fingerprint density at radius 1 is 1.00 bits per heavy atom. The smallest absolute Gasteiger partial charge is 0.421 e. The summed E-state index contributed by atoms with van der Waals surface area (Å²) in [7, 11) is 2.87. The number of alkyl halides is 3. The minimum Gasteiger partial charge on any atom is -0.494 e. The van der Waals surface area contributed by atoms with Gasteiger partial charge in [-0.15, -0.1) is 0 Å². The molecule has 10 nitrogen and oxygen atoms in total. The van der Waals surface area contributed by atoms with E-state index in [4.69, 9.17) is 9.57 Å². The van der Waals surface area contributed by atoms with E-state index < -0.39 is 28.9 Å². The van der Waals surface area contributed by atoms with Crippen LogP contribution in [0.4, 0.5) is 42.0 Å². The predicted octanol–water partition coefficient (Wildman–Crippen LogP) is 6.75. The van der Waals surface area contributed by atoms with E-state index in [2.05, 4.69) is 31.4 Å². The molecule has 0 aliphatic heterocycles. The van der Waals surface area contributed by atoms with Crippen LogP contribution in [-0.2, 0) is 15.8 Å². The van der Waals surface area contributed by atoms with Crippen LogP contribution in [0.25, 0.3) is 0 Å². The summed E-state index contributed by atoms with van der Waals surface area (Å²) in [6, 6.07) is 9.66. The summed E-state index contributed by atoms with van der Waals surface area (Å²) in [4.78, 5) is 39.3. The van der Waals surface area contributed by atoms with Gasteiger partial charge in [0, 0.05) is 19.3 Å². The summed E-state index contributed by atoms with van der Waals surface area (Å²) in [5.74, 6) is 0.746. The van der Waals surface area contributed by atoms with Crippen molar-refractivity contribution in [2.24, 2.45) is 23.2 Å². The summed E-state index contributed by atoms with van der Waals surface area (Å²) in [6.45, 7) is 1.67. The van der Waals surface area contributed by atoms with Crippen molar-refractivity contribution < 1.29 is 32.3 Å². The number of amides is 1. The molecule has 4 aliphatic rings. The van der Waals surface area contributed by atoms with Gasteiger partial charge in [0.15, 0.2) is 0 Å². The van der Waals surface area contributed by atoms with E-state index >= 15 is 0 Å². The lowest BCUT2D eigenvalue weighted by Crippen LogP contribution is -2.50. The van der Waals surface area contributed by atoms with Crippen LogP contribution >= 0.6 is 0 Å². The van der Waals surface area contributed by atoms with Crippen molar-refractivity contribution in [3.63, 3.8) is 0 Å². The fourth-order valence-electron chi connectivity index (χ4n) is 7.57. The summed E-state index contributed by atoms with van der Waals surface area (Å²) in [5, 5.41) is 8.10. The van der Waals surface area contributed by atoms with Crippen molar-refractivity contribution in [1.82, 2.24) is 15.3 Å². The van der Waals surface area contributed by atoms with Crippen LogP contribution in [-0.4, -0.2) is 36.0 Å². The number of rotatable bonds is 9. The third-order valence-corrected chi connectivity index (χ3v) is 9.26. The quantitative estimate of drug-likeness (QED) is 0.191. The highest BCUT2D eigenvalue weighted by Crippen LogP contribution is 2.60. The van der Waals surface area contributed by atoms with Gasteiger partial charge in [-0.3, -0.25) is 4.79 Å². The molecule has 3 aromatic rings. The molecule has 0 atom stereocenters. The molecule has 4 bridgehead atoms. The summed E-state index contributed by atoms with van der Waals surface area (Å²) >= 11 is 0. The largest absolute Gasteiger partial charge is 0.494 e. The Morgan fingerprint density at radius 2 is 1.69 bits per heavy atom. The maximum absolute atomic E-state index is 14.0. The number of nitrogens with zero attached hydrogens (tertiary/aromatic N) is 2. The van der Waals surface area contributed by atoms with Crippen LogP contribution in [0.3, 0.4) is 0 Å². The van der Waals surface area contributed by atoms with Gasteiger partial charge in [-0.1, -0.05) is 12.1 Å². The average molecular weight is 625 g/mol. The van der Waals surface area contributed by atoms with Crippen LogP contribution < -0.4 is 26.2 Å². The fourth-order valence-corrected chi connectivity index (χ4v) is 7.57. The number of nitrogens with one attached hydrogen (secondary N) is 4. The zero-order valence-electron chi connectivity index (χ0n) is 25.2. The van der Waals surface area contributed by atoms with Crippen molar-refractivity contribution in [2.45, 2.75) is 51.6 Å². The number of carbonyl (C=O) groups is 2. The number of carbonyl (C=O) groups excluding carboxylic acids is 2. The molecule has 13 heteroatoms. The molecule has 1 aromatic heterocycles. The van der Waals surface area contributed by atoms with E-state index in [1.807, 2.05) is 0 Å². The van der Waals surface area contributed by atoms with Crippen LogP contribution in [0.5, 0.6) is 5.75 Å². The van der Waals surface area contributed by atoms with Gasteiger partial charge in [0.2, 0.25) is 5.95 Å². The molecule has 238 valence electrons. The fraction of sp³-hybridized carbons (Fsp3) is 0.438. The molecule has 4 saturated carbocycles. The summed E-state index contributed by atoms with van der Waals surface area (Å²) in [5.41, 5.74) is 2.96. The molecule has 0 unspecified atom stereocenters. The van der Waals surface area contributed by atoms with Crippen LogP contribution in [0.2, 0.25) is 0 Å². The van der Waals surface area contributed by atoms with E-state index in [-0.39, 0.29) is 23.2 Å². The average Bonchev–Trinajstić information content (AvgIpc) is 2.99. The van der Waals surface area contributed by atoms with Crippen molar-refractivity contribution in [3.8, 4) is 5.75 Å². The van der Waals surface area contributed by atoms with E-state index in [1.54, 1.807) is 37.3 Å². The number of hydrogen-bond acceptors (Lipinski definition) is 9. The number of halogens is 3. The minimum atomic E-state index is -4.77. The zero-order chi connectivity index (χ0) is 31.9. The van der Waals surface area contributed by atoms with Crippen molar-refractivity contribution in [1.29, 1.82) is 0 Å². The molecule has 0 saturated heterocycles. The Kier molecular flexibility index (Phi) is 7.96. The first-order valence-corrected chi connectivity index (χ1v) is 14.9. The monoisotopic (exact) mass is 624 g/mol. The molecule has 0 radical (unpaired) electrons. The number of benzene rings is 2. The molecule has 2 aromatic carbocycles. The van der Waals surface area contributed by atoms with Crippen molar-refractivity contribution in [3.05, 3.63) is 59.3 Å². The molecule has 7 rings (SSSR count). The second-order valence-electron chi connectivity index (χ2n) is 12.4. The third kappa shape index (κ3) is 6.07. The van der Waals surface area contributed by atoms with Crippen LogP contribution in [0.1, 0.15) is 60.0 Å². The van der Waals surface area contributed by atoms with E-state index in [0.717, 1.165) is 19.3 Å². The van der Waals surface area contributed by atoms with E-state index in [1.165, 1.54) is 39.5 Å². The summed E-state index contributed by atoms with van der Waals surface area (Å²) < 4.78 is 47.4. The highest BCUT2D eigenvalue weighted by Gasteiger charge is 2.55. The number of aryl methyl sites for hydroxylation is 1. The first-order chi connectivity index (χ1) is 21.5. The molecule has 4 fully saturated rings. The normalized spacial score (nSPS) is 23.3. The second kappa shape index (κ2) is 11.8. The Hall–Kier alpha value is -4.55. The van der Waals surface area contributed by atoms with Gasteiger partial charge in [0.05, 0.1) is 35.2 Å². The van der Waals surface area contributed by atoms with Crippen LogP contribution in [0, 0.1) is 30.1 Å². The molecular formula is C32H35F3N6O4. The van der Waals surface area contributed by atoms with Crippen LogP contribution in [0.15, 0.2) is 42.6 Å². The SMILES string of the molecule is CNC(=O)c1cccc(C)c1Nc1nc(Nc2ccc(NOC(=O)C34CC5CC(CC(C5)C3)C4)cc2OC)ncc1C(F)(F)F. The highest BCUT2D eigenvalue weighted by molar-refractivity contribution is 6.00. The molecule has 4 aliphatic carbocycles. The van der Waals surface area contributed by atoms with Gasteiger partial charge >= 0.3 is 12.1 Å². The number of ether oxygens (including phenoxy) is 1. The Labute approximate surface area is 258 Å². The molecule has 0 spiro atoms. The van der Waals surface area contributed by atoms with Gasteiger partial charge in [-0.25, -0.2) is 15.3 Å². The van der Waals surface area contributed by atoms with Gasteiger partial charge < -0.3 is 25.5 Å². The van der Waals surface area contributed by atoms with Gasteiger partial charge in [0.1, 0.15) is 17.1 Å². The maximum Gasteiger partial charge on any atom is 0.421 e. The minimum absolute atomic E-state index is 0.146. The number of anilines is 5. The first-order valence-electron chi connectivity index (χ1n) is 14.9. The Balaban J connectivity index is 1.20. The van der Waals surface area contributed by atoms with E-state index in [9.17, 15) is 22.8 Å². The van der Waals surface area contributed by atoms with Crippen molar-refractivity contribution >= 4 is 40.7 Å². The predicted molar refractivity (Wildman–Crippen MR) is 161 cm³/mol. The molecule has 1 heterocycles. The van der Waals surface area contributed by atoms with Gasteiger partial charge in [0.25, 0.3) is 5.91 Å². The lowest BCUT2D eigenvalue weighted by molar-refractivity contribution is -0.168. The Bertz CT molecular complexity index is 1590. The number of para-hydroxylation sites is 1. The molecular weight excluding hydrogens is 589 g/mol. The lowest BCUT2D eigenvalue weighted by Gasteiger charge is -2.54. The Morgan fingerprint density at radius 3 is 2.31 bits per heavy atom. The second-order valence-corrected chi connectivity index (χ2v) is 12.4. The maximum atomic E-state index is 14.0. The standard InChI is InChI=1S/C32H35F3N6O4/c1-17-5-4-6-22(28(42)36-2)26(17)39-27-23(32(33,34)35)16-37-30(40-27)38-24-8-7-21(12-25(24)44-3)41-45-29(43)31-13-18-9-19(14-31)11-20(10-18)15-31/h4-8,12,16,18-20,41H,9-11,13-15H2,1-3H3,(H,36,42)(H2,37,38,39,40). The zero-order valence-corrected chi connectivity index (χ0v) is 25.2. The lowest BCUT2D eigenvalue weighted by atomic mass is 9.49. The number of aromatic nitrogens is 2. The van der Waals surface area contributed by atoms with Gasteiger partial charge in [-0.2, -0.15) is 18.2 Å². The van der Waals surface area contributed by atoms with E-state index in [0.29, 0.717) is 46.6 Å². The first kappa shape index (κ1) is 30.5. The van der Waals surface area contributed by atoms with Gasteiger partial charge in [-0.05, 0) is 87.0 Å². The highest BCUT2D eigenvalue weighted by atomic mass is 19.4. The number of hydrogen-bond donors (Lipinski definition) is 4. The molecule has 1 amide bonds. The number of methoxy groups -OCH3 is 1. The third-order valence-electron chi connectivity index (χ3n) is 9.26.